The maximum atomic E-state index is 12.6. The topological polar surface area (TPSA) is 163 Å². The summed E-state index contributed by atoms with van der Waals surface area (Å²) >= 11 is 0. The van der Waals surface area contributed by atoms with Gasteiger partial charge in [-0.3, -0.25) is 0 Å². The summed E-state index contributed by atoms with van der Waals surface area (Å²) in [6, 6.07) is 8.84. The van der Waals surface area contributed by atoms with E-state index in [2.05, 4.69) is 23.5 Å². The van der Waals surface area contributed by atoms with Crippen molar-refractivity contribution in [2.75, 3.05) is 24.5 Å². The molecule has 1 saturated heterocycles. The molecule has 5 N–H and O–H groups in total. The van der Waals surface area contributed by atoms with Crippen LogP contribution in [0.15, 0.2) is 29.2 Å². The molecular formula is C21H31N3O7S. The average molecular weight is 470 g/mol. The molecule has 11 heteroatoms. The number of benzene rings is 1. The van der Waals surface area contributed by atoms with Crippen LogP contribution in [0.3, 0.4) is 0 Å². The number of anilines is 1. The van der Waals surface area contributed by atoms with Gasteiger partial charge in [0.1, 0.15) is 30.5 Å². The van der Waals surface area contributed by atoms with Gasteiger partial charge in [0.05, 0.1) is 0 Å². The van der Waals surface area contributed by atoms with Gasteiger partial charge in [-0.2, -0.15) is 5.26 Å². The van der Waals surface area contributed by atoms with Crippen LogP contribution in [-0.2, 0) is 14.8 Å². The molecular weight excluding hydrogens is 438 g/mol. The normalized spacial score (nSPS) is 26.5. The number of rotatable bonds is 10. The first kappa shape index (κ1) is 26.2. The lowest BCUT2D eigenvalue weighted by molar-refractivity contribution is -0.279. The van der Waals surface area contributed by atoms with Gasteiger partial charge < -0.3 is 30.1 Å². The van der Waals surface area contributed by atoms with E-state index >= 15 is 0 Å². The molecule has 0 spiro atoms. The molecule has 0 bridgehead atoms. The Morgan fingerprint density at radius 2 is 1.69 bits per heavy atom. The van der Waals surface area contributed by atoms with E-state index in [9.17, 15) is 34.1 Å². The van der Waals surface area contributed by atoms with Crippen LogP contribution in [0.2, 0.25) is 0 Å². The van der Waals surface area contributed by atoms with Crippen LogP contribution in [-0.4, -0.2) is 79.2 Å². The molecule has 0 aromatic heterocycles. The van der Waals surface area contributed by atoms with E-state index in [4.69, 9.17) is 4.74 Å². The lowest BCUT2D eigenvalue weighted by Crippen LogP contribution is -2.59. The first-order valence-corrected chi connectivity index (χ1v) is 12.0. The fourth-order valence-electron chi connectivity index (χ4n) is 3.38. The van der Waals surface area contributed by atoms with Crippen LogP contribution < -0.4 is 9.62 Å². The molecule has 5 atom stereocenters. The van der Waals surface area contributed by atoms with E-state index in [1.54, 1.807) is 18.2 Å². The van der Waals surface area contributed by atoms with Crippen LogP contribution in [0.4, 0.5) is 5.69 Å². The third-order valence-electron chi connectivity index (χ3n) is 5.10. The molecule has 1 aromatic rings. The summed E-state index contributed by atoms with van der Waals surface area (Å²) < 4.78 is 32.2. The SMILES string of the molecule is CCCN(CCC)c1ccc(/C=C(\C#N)S(=O)(=O)NC[C@H]2OC(O)[C@H](O)[C@@H](O)[C@@H]2O)cc1. The molecule has 1 fully saturated rings. The molecule has 178 valence electrons. The third-order valence-corrected chi connectivity index (χ3v) is 6.44. The van der Waals surface area contributed by atoms with Crippen LogP contribution in [0.25, 0.3) is 6.08 Å². The number of nitriles is 1. The van der Waals surface area contributed by atoms with Gasteiger partial charge in [0, 0.05) is 25.3 Å². The number of hydrogen-bond donors (Lipinski definition) is 5. The number of aliphatic hydroxyl groups is 4. The van der Waals surface area contributed by atoms with Crippen molar-refractivity contribution in [2.24, 2.45) is 0 Å². The minimum atomic E-state index is -4.26. The summed E-state index contributed by atoms with van der Waals surface area (Å²) in [6.45, 7) is 5.47. The van der Waals surface area contributed by atoms with Crippen molar-refractivity contribution in [3.05, 3.63) is 34.7 Å². The zero-order valence-corrected chi connectivity index (χ0v) is 18.9. The smallest absolute Gasteiger partial charge is 0.250 e. The van der Waals surface area contributed by atoms with Gasteiger partial charge in [-0.1, -0.05) is 26.0 Å². The van der Waals surface area contributed by atoms with E-state index in [0.717, 1.165) is 31.6 Å². The molecule has 32 heavy (non-hydrogen) atoms. The highest BCUT2D eigenvalue weighted by molar-refractivity contribution is 7.93. The average Bonchev–Trinajstić information content (AvgIpc) is 2.77. The number of ether oxygens (including phenoxy) is 1. The maximum absolute atomic E-state index is 12.6. The number of allylic oxidation sites excluding steroid dienone is 1. The Kier molecular flexibility index (Phi) is 9.60. The van der Waals surface area contributed by atoms with E-state index < -0.39 is 52.2 Å². The quantitative estimate of drug-likeness (QED) is 0.294. The summed E-state index contributed by atoms with van der Waals surface area (Å²) in [7, 11) is -4.26. The lowest BCUT2D eigenvalue weighted by atomic mass is 9.99. The van der Waals surface area contributed by atoms with Crippen molar-refractivity contribution < 1.29 is 33.6 Å². The molecule has 10 nitrogen and oxygen atoms in total. The molecule has 1 aromatic carbocycles. The monoisotopic (exact) mass is 469 g/mol. The van der Waals surface area contributed by atoms with Crippen LogP contribution in [0, 0.1) is 11.3 Å². The van der Waals surface area contributed by atoms with Gasteiger partial charge in [-0.05, 0) is 36.6 Å². The van der Waals surface area contributed by atoms with E-state index in [-0.39, 0.29) is 0 Å². The molecule has 1 unspecified atom stereocenters. The molecule has 0 amide bonds. The Morgan fingerprint density at radius 1 is 1.09 bits per heavy atom. The number of aliphatic hydroxyl groups excluding tert-OH is 4. The Labute approximate surface area is 188 Å². The highest BCUT2D eigenvalue weighted by Crippen LogP contribution is 2.21. The fraction of sp³-hybridized carbons (Fsp3) is 0.571. The Balaban J connectivity index is 2.12. The zero-order valence-electron chi connectivity index (χ0n) is 18.1. The van der Waals surface area contributed by atoms with E-state index in [1.165, 1.54) is 6.08 Å². The first-order chi connectivity index (χ1) is 15.1. The fourth-order valence-corrected chi connectivity index (χ4v) is 4.33. The largest absolute Gasteiger partial charge is 0.388 e. The number of sulfonamides is 1. The minimum absolute atomic E-state index is 0.520. The summed E-state index contributed by atoms with van der Waals surface area (Å²) in [4.78, 5) is 1.68. The predicted molar refractivity (Wildman–Crippen MR) is 119 cm³/mol. The highest BCUT2D eigenvalue weighted by atomic mass is 32.2. The molecule has 1 aliphatic rings. The Morgan fingerprint density at radius 3 is 2.22 bits per heavy atom. The molecule has 1 aliphatic heterocycles. The third kappa shape index (κ3) is 6.49. The van der Waals surface area contributed by atoms with E-state index in [0.29, 0.717) is 5.56 Å². The molecule has 0 aliphatic carbocycles. The van der Waals surface area contributed by atoms with Crippen molar-refractivity contribution >= 4 is 21.8 Å². The standard InChI is InChI=1S/C21H31N3O7S/c1-3-9-24(10-4-2)15-7-5-14(6-8-15)11-16(12-22)32(29,30)23-13-17-18(25)19(26)20(27)21(28)31-17/h5-8,11,17-21,23,25-28H,3-4,9-10,13H2,1-2H3/b16-11+/t17-,18-,19+,20-,21?/m1/s1. The van der Waals surface area contributed by atoms with Crippen molar-refractivity contribution in [3.63, 3.8) is 0 Å². The predicted octanol–water partition coefficient (Wildman–Crippen LogP) is -0.103. The van der Waals surface area contributed by atoms with Gasteiger partial charge in [0.25, 0.3) is 10.0 Å². The summed E-state index contributed by atoms with van der Waals surface area (Å²) in [5.41, 5.74) is 1.53. The second-order valence-corrected chi connectivity index (χ2v) is 9.32. The zero-order chi connectivity index (χ0) is 23.9. The minimum Gasteiger partial charge on any atom is -0.388 e. The summed E-state index contributed by atoms with van der Waals surface area (Å²) in [5.74, 6) is 0. The van der Waals surface area contributed by atoms with Crippen LogP contribution >= 0.6 is 0 Å². The lowest BCUT2D eigenvalue weighted by Gasteiger charge is -2.38. The molecule has 1 heterocycles. The summed E-state index contributed by atoms with van der Waals surface area (Å²) in [5, 5.41) is 48.1. The van der Waals surface area contributed by atoms with Gasteiger partial charge in [-0.15, -0.1) is 0 Å². The molecule has 0 saturated carbocycles. The molecule has 0 radical (unpaired) electrons. The van der Waals surface area contributed by atoms with Crippen molar-refractivity contribution in [3.8, 4) is 6.07 Å². The highest BCUT2D eigenvalue weighted by Gasteiger charge is 2.43. The van der Waals surface area contributed by atoms with Crippen molar-refractivity contribution in [1.82, 2.24) is 4.72 Å². The second kappa shape index (κ2) is 11.7. The van der Waals surface area contributed by atoms with E-state index in [1.807, 2.05) is 12.1 Å². The summed E-state index contributed by atoms with van der Waals surface area (Å²) in [6.07, 6.45) is -4.95. The number of nitrogens with one attached hydrogen (secondary N) is 1. The second-order valence-electron chi connectivity index (χ2n) is 7.59. The van der Waals surface area contributed by atoms with Crippen molar-refractivity contribution in [2.45, 2.75) is 57.4 Å². The van der Waals surface area contributed by atoms with Crippen molar-refractivity contribution in [1.29, 1.82) is 5.26 Å². The Hall–Kier alpha value is -2.04. The Bertz CT molecular complexity index is 908. The number of nitrogens with zero attached hydrogens (tertiary/aromatic N) is 2. The maximum Gasteiger partial charge on any atom is 0.250 e. The van der Waals surface area contributed by atoms with Gasteiger partial charge in [-0.25, -0.2) is 13.1 Å². The van der Waals surface area contributed by atoms with Gasteiger partial charge >= 0.3 is 0 Å². The molecule has 2 rings (SSSR count). The van der Waals surface area contributed by atoms with Gasteiger partial charge in [0.2, 0.25) is 0 Å². The number of hydrogen-bond acceptors (Lipinski definition) is 9. The van der Waals surface area contributed by atoms with Crippen LogP contribution in [0.1, 0.15) is 32.3 Å². The van der Waals surface area contributed by atoms with Crippen LogP contribution in [0.5, 0.6) is 0 Å². The van der Waals surface area contributed by atoms with Gasteiger partial charge in [0.15, 0.2) is 11.2 Å². The first-order valence-electron chi connectivity index (χ1n) is 10.5.